The Morgan fingerprint density at radius 2 is 1.86 bits per heavy atom. The molecule has 2 aromatic rings. The Bertz CT molecular complexity index is 1070. The van der Waals surface area contributed by atoms with E-state index in [1.54, 1.807) is 6.92 Å². The predicted molar refractivity (Wildman–Crippen MR) is 140 cm³/mol. The fourth-order valence-electron chi connectivity index (χ4n) is 5.53. The Morgan fingerprint density at radius 1 is 1.11 bits per heavy atom. The van der Waals surface area contributed by atoms with Crippen LogP contribution in [0.5, 0.6) is 5.75 Å². The van der Waals surface area contributed by atoms with Crippen LogP contribution < -0.4 is 15.4 Å². The van der Waals surface area contributed by atoms with Gasteiger partial charge in [-0.15, -0.1) is 0 Å². The number of piperidine rings is 1. The van der Waals surface area contributed by atoms with E-state index in [0.29, 0.717) is 13.2 Å². The Balaban J connectivity index is 1.47. The number of fused-ring (bicyclic) bond motifs is 1. The molecule has 36 heavy (non-hydrogen) atoms. The molecule has 4 rings (SSSR count). The lowest BCUT2D eigenvalue weighted by atomic mass is 9.73. The van der Waals surface area contributed by atoms with E-state index in [0.717, 1.165) is 69.6 Å². The monoisotopic (exact) mass is 495 g/mol. The minimum absolute atomic E-state index is 0.0186. The number of nitrogens with one attached hydrogen (secondary N) is 2. The zero-order chi connectivity index (χ0) is 25.7. The number of carbonyl (C=O) groups excluding carboxylic acids is 2. The van der Waals surface area contributed by atoms with Crippen LogP contribution in [0.2, 0.25) is 0 Å². The summed E-state index contributed by atoms with van der Waals surface area (Å²) in [6.45, 7) is 9.33. The number of aromatic nitrogens is 2. The summed E-state index contributed by atoms with van der Waals surface area (Å²) in [5.41, 5.74) is 4.30. The molecule has 2 aliphatic rings. The molecule has 196 valence electrons. The fourth-order valence-corrected chi connectivity index (χ4v) is 5.53. The molecular weight excluding hydrogens is 454 g/mol. The summed E-state index contributed by atoms with van der Waals surface area (Å²) in [7, 11) is 1.99. The van der Waals surface area contributed by atoms with Crippen LogP contribution in [0.3, 0.4) is 0 Å². The standard InChI is InChI=1S/C28H41N5O3/c1-20-24(22(3)32(4)31-20)19-33-16-13-28(14-17-33)12-8-7-10-23-9-5-6-11-25(23)36-18-15-29-26(34)21(2)30-27(28)35/h5-6,9,11,21H,7-8,10,12-19H2,1-4H3,(H,29,34)(H,30,35)/t21-/m0/s1. The average Bonchev–Trinajstić information content (AvgIpc) is 3.11. The minimum atomic E-state index is -0.578. The molecule has 8 nitrogen and oxygen atoms in total. The molecule has 2 amide bonds. The van der Waals surface area contributed by atoms with Gasteiger partial charge in [0.2, 0.25) is 11.8 Å². The van der Waals surface area contributed by atoms with E-state index in [1.807, 2.05) is 29.9 Å². The molecule has 0 aliphatic carbocycles. The van der Waals surface area contributed by atoms with Crippen LogP contribution >= 0.6 is 0 Å². The quantitative estimate of drug-likeness (QED) is 0.669. The highest BCUT2D eigenvalue weighted by Gasteiger charge is 2.41. The Kier molecular flexibility index (Phi) is 8.34. The second-order valence-corrected chi connectivity index (χ2v) is 10.5. The van der Waals surface area contributed by atoms with Crippen molar-refractivity contribution in [3.63, 3.8) is 0 Å². The fraction of sp³-hybridized carbons (Fsp3) is 0.607. The minimum Gasteiger partial charge on any atom is -0.491 e. The van der Waals surface area contributed by atoms with Crippen molar-refractivity contribution in [1.29, 1.82) is 0 Å². The second-order valence-electron chi connectivity index (χ2n) is 10.5. The number of hydrogen-bond donors (Lipinski definition) is 2. The molecule has 3 heterocycles. The maximum absolute atomic E-state index is 13.6. The van der Waals surface area contributed by atoms with Gasteiger partial charge in [0.25, 0.3) is 0 Å². The normalized spacial score (nSPS) is 22.1. The van der Waals surface area contributed by atoms with Gasteiger partial charge in [0, 0.05) is 24.8 Å². The molecule has 1 atom stereocenters. The molecule has 8 heteroatoms. The third-order valence-corrected chi connectivity index (χ3v) is 8.06. The molecule has 1 spiro atoms. The van der Waals surface area contributed by atoms with E-state index < -0.39 is 11.5 Å². The number of rotatable bonds is 2. The lowest BCUT2D eigenvalue weighted by Gasteiger charge is -2.41. The largest absolute Gasteiger partial charge is 0.491 e. The number of amides is 2. The summed E-state index contributed by atoms with van der Waals surface area (Å²) >= 11 is 0. The molecule has 1 aromatic heterocycles. The number of carbonyl (C=O) groups is 2. The van der Waals surface area contributed by atoms with Gasteiger partial charge >= 0.3 is 0 Å². The zero-order valence-electron chi connectivity index (χ0n) is 22.2. The van der Waals surface area contributed by atoms with E-state index in [9.17, 15) is 9.59 Å². The highest BCUT2D eigenvalue weighted by Crippen LogP contribution is 2.38. The van der Waals surface area contributed by atoms with Gasteiger partial charge in [0.1, 0.15) is 18.4 Å². The molecule has 2 aliphatic heterocycles. The first-order valence-corrected chi connectivity index (χ1v) is 13.3. The summed E-state index contributed by atoms with van der Waals surface area (Å²) in [6.07, 6.45) is 5.30. The summed E-state index contributed by atoms with van der Waals surface area (Å²) < 4.78 is 7.89. The molecule has 0 unspecified atom stereocenters. The molecule has 0 saturated carbocycles. The van der Waals surface area contributed by atoms with E-state index in [1.165, 1.54) is 16.8 Å². The highest BCUT2D eigenvalue weighted by molar-refractivity contribution is 5.90. The van der Waals surface area contributed by atoms with Crippen LogP contribution in [0.15, 0.2) is 24.3 Å². The Hall–Kier alpha value is -2.87. The van der Waals surface area contributed by atoms with Crippen LogP contribution in [-0.4, -0.2) is 58.8 Å². The lowest BCUT2D eigenvalue weighted by molar-refractivity contribution is -0.138. The van der Waals surface area contributed by atoms with Crippen LogP contribution in [0.1, 0.15) is 61.5 Å². The SMILES string of the molecule is Cc1nn(C)c(C)c1CN1CCC2(CCCCc3ccccc3OCCNC(=O)[C@H](C)NC2=O)CC1. The molecule has 0 radical (unpaired) electrons. The summed E-state index contributed by atoms with van der Waals surface area (Å²) in [5, 5.41) is 10.5. The molecule has 1 fully saturated rings. The van der Waals surface area contributed by atoms with Gasteiger partial charge in [-0.2, -0.15) is 5.10 Å². The van der Waals surface area contributed by atoms with Crippen molar-refractivity contribution in [2.75, 3.05) is 26.2 Å². The number of nitrogens with zero attached hydrogens (tertiary/aromatic N) is 3. The smallest absolute Gasteiger partial charge is 0.242 e. The van der Waals surface area contributed by atoms with Crippen molar-refractivity contribution >= 4 is 11.8 Å². The predicted octanol–water partition coefficient (Wildman–Crippen LogP) is 3.05. The first-order chi connectivity index (χ1) is 17.3. The van der Waals surface area contributed by atoms with E-state index in [-0.39, 0.29) is 11.8 Å². The molecule has 2 N–H and O–H groups in total. The van der Waals surface area contributed by atoms with Crippen LogP contribution in [-0.2, 0) is 29.6 Å². The maximum atomic E-state index is 13.6. The van der Waals surface area contributed by atoms with Crippen LogP contribution in [0, 0.1) is 19.3 Å². The second kappa shape index (κ2) is 11.5. The van der Waals surface area contributed by atoms with Gasteiger partial charge in [-0.05, 0) is 77.6 Å². The van der Waals surface area contributed by atoms with Crippen molar-refractivity contribution < 1.29 is 14.3 Å². The lowest BCUT2D eigenvalue weighted by Crippen LogP contribution is -2.53. The van der Waals surface area contributed by atoms with Gasteiger partial charge in [-0.1, -0.05) is 24.6 Å². The molecule has 1 aromatic carbocycles. The van der Waals surface area contributed by atoms with Gasteiger partial charge in [0.05, 0.1) is 17.7 Å². The summed E-state index contributed by atoms with van der Waals surface area (Å²) in [6, 6.07) is 7.54. The maximum Gasteiger partial charge on any atom is 0.242 e. The Morgan fingerprint density at radius 3 is 2.58 bits per heavy atom. The van der Waals surface area contributed by atoms with E-state index in [2.05, 4.69) is 40.5 Å². The number of likely N-dealkylation sites (tertiary alicyclic amines) is 1. The zero-order valence-corrected chi connectivity index (χ0v) is 22.2. The van der Waals surface area contributed by atoms with Crippen molar-refractivity contribution in [3.05, 3.63) is 46.8 Å². The summed E-state index contributed by atoms with van der Waals surface area (Å²) in [4.78, 5) is 28.7. The first kappa shape index (κ1) is 26.2. The van der Waals surface area contributed by atoms with E-state index >= 15 is 0 Å². The Labute approximate surface area is 214 Å². The van der Waals surface area contributed by atoms with Crippen molar-refractivity contribution in [1.82, 2.24) is 25.3 Å². The summed E-state index contributed by atoms with van der Waals surface area (Å²) in [5.74, 6) is 0.725. The number of benzene rings is 1. The van der Waals surface area contributed by atoms with Gasteiger partial charge in [-0.25, -0.2) is 0 Å². The average molecular weight is 496 g/mol. The molecular formula is C28H41N5O3. The van der Waals surface area contributed by atoms with Crippen molar-refractivity contribution in [2.24, 2.45) is 12.5 Å². The van der Waals surface area contributed by atoms with Crippen molar-refractivity contribution in [3.8, 4) is 5.75 Å². The van der Waals surface area contributed by atoms with E-state index in [4.69, 9.17) is 4.74 Å². The van der Waals surface area contributed by atoms with Crippen LogP contribution in [0.4, 0.5) is 0 Å². The number of hydrogen-bond acceptors (Lipinski definition) is 5. The first-order valence-electron chi connectivity index (χ1n) is 13.3. The van der Waals surface area contributed by atoms with Gasteiger partial charge < -0.3 is 15.4 Å². The number of para-hydroxylation sites is 1. The van der Waals surface area contributed by atoms with Crippen molar-refractivity contribution in [2.45, 2.75) is 71.9 Å². The number of aryl methyl sites for hydroxylation is 3. The van der Waals surface area contributed by atoms with Crippen LogP contribution in [0.25, 0.3) is 0 Å². The molecule has 1 saturated heterocycles. The van der Waals surface area contributed by atoms with Gasteiger partial charge in [0.15, 0.2) is 0 Å². The molecule has 0 bridgehead atoms. The number of ether oxygens (including phenoxy) is 1. The third-order valence-electron chi connectivity index (χ3n) is 8.06. The van der Waals surface area contributed by atoms with Gasteiger partial charge in [-0.3, -0.25) is 19.2 Å². The topological polar surface area (TPSA) is 88.5 Å². The highest BCUT2D eigenvalue weighted by atomic mass is 16.5. The third kappa shape index (κ3) is 5.91.